The fourth-order valence-electron chi connectivity index (χ4n) is 9.84. The first-order valence-electron chi connectivity index (χ1n) is 29.7. The van der Waals surface area contributed by atoms with Crippen LogP contribution in [0, 0.1) is 60.2 Å². The van der Waals surface area contributed by atoms with Gasteiger partial charge in [-0.1, -0.05) is 145 Å². The van der Waals surface area contributed by atoms with Gasteiger partial charge >= 0.3 is 0 Å². The van der Waals surface area contributed by atoms with E-state index in [0.29, 0.717) is 46.2 Å². The number of anilines is 1. The van der Waals surface area contributed by atoms with E-state index in [1.165, 1.54) is 54.6 Å². The maximum Gasteiger partial charge on any atom is 0.300 e. The van der Waals surface area contributed by atoms with Crippen LogP contribution in [0.25, 0.3) is 0 Å². The standard InChI is InChI=1S/C32H48N6O3.C23H40N2O.C9H11N3O2/c1-8-12-15-24(10-3)21-37(22-25(11-4)16-13-9-2)30(39)26-17-14-18-27(19-26)34-35-29-23(5)28(20-33)31(40)38(32(29)41)36(6)7;1-5-9-12-19(7-3)17-25(18-20(8-4)13-10-6-2)23(26)21-14-11-15-22(24)16-21;1-6-4-8(13)12(11(2)3)9(14)7(6)5-10/h14,17-19,24-25,40H,8-13,15-16,21-22H2,1-7H3;11,14-16,19-20H,5-10,12-13,17-18,24H2,1-4H3;4,14H,1-3H3. The number of rotatable bonds is 30. The summed E-state index contributed by atoms with van der Waals surface area (Å²) in [7, 11) is 6.38. The van der Waals surface area contributed by atoms with Gasteiger partial charge in [0.25, 0.3) is 22.9 Å². The number of pyridine rings is 2. The van der Waals surface area contributed by atoms with Crippen molar-refractivity contribution in [2.24, 2.45) is 33.9 Å². The molecule has 4 aromatic rings. The maximum atomic E-state index is 13.9. The predicted octanol–water partition coefficient (Wildman–Crippen LogP) is 13.3. The van der Waals surface area contributed by atoms with Gasteiger partial charge in [-0.2, -0.15) is 25.0 Å². The van der Waals surface area contributed by atoms with Crippen LogP contribution in [0.15, 0.2) is 74.4 Å². The number of hydrogen-bond acceptors (Lipinski definition) is 13. The summed E-state index contributed by atoms with van der Waals surface area (Å²) in [6, 6.07) is 19.5. The molecule has 0 aliphatic carbocycles. The van der Waals surface area contributed by atoms with Crippen LogP contribution in [0.1, 0.15) is 201 Å². The van der Waals surface area contributed by atoms with Gasteiger partial charge in [0, 0.05) is 82.8 Å². The first kappa shape index (κ1) is 70.0. The van der Waals surface area contributed by atoms with E-state index in [1.54, 1.807) is 66.3 Å². The molecule has 0 saturated heterocycles. The zero-order valence-corrected chi connectivity index (χ0v) is 51.7. The normalized spacial score (nSPS) is 12.4. The summed E-state index contributed by atoms with van der Waals surface area (Å²) in [6.07, 6.45) is 18.5. The summed E-state index contributed by atoms with van der Waals surface area (Å²) in [6.45, 7) is 24.1. The Kier molecular flexibility index (Phi) is 31.9. The van der Waals surface area contributed by atoms with Crippen LogP contribution in [0.4, 0.5) is 17.1 Å². The van der Waals surface area contributed by atoms with Crippen molar-refractivity contribution in [3.05, 3.63) is 109 Å². The zero-order valence-electron chi connectivity index (χ0n) is 51.7. The van der Waals surface area contributed by atoms with Gasteiger partial charge < -0.3 is 35.8 Å². The van der Waals surface area contributed by atoms with Crippen molar-refractivity contribution in [1.29, 1.82) is 10.5 Å². The predicted molar refractivity (Wildman–Crippen MR) is 330 cm³/mol. The van der Waals surface area contributed by atoms with Gasteiger partial charge in [0.1, 0.15) is 23.3 Å². The van der Waals surface area contributed by atoms with E-state index in [-0.39, 0.29) is 45.6 Å². The third-order valence-corrected chi connectivity index (χ3v) is 15.1. The minimum absolute atomic E-state index is 0.0190. The lowest BCUT2D eigenvalue weighted by Crippen LogP contribution is -2.39. The topological polar surface area (TPSA) is 230 Å². The molecule has 17 heteroatoms. The molecule has 2 heterocycles. The van der Waals surface area contributed by atoms with Crippen LogP contribution in [0.3, 0.4) is 0 Å². The third-order valence-electron chi connectivity index (χ3n) is 15.1. The average molecular weight is 1120 g/mol. The number of aromatic hydroxyl groups is 2. The van der Waals surface area contributed by atoms with Crippen LogP contribution in [0.2, 0.25) is 0 Å². The van der Waals surface area contributed by atoms with Crippen molar-refractivity contribution in [3.63, 3.8) is 0 Å². The number of nitriles is 2. The largest absolute Gasteiger partial charge is 0.492 e. The highest BCUT2D eigenvalue weighted by Crippen LogP contribution is 2.29. The number of carbonyl (C=O) groups excluding carboxylic acids is 2. The molecule has 0 aliphatic rings. The van der Waals surface area contributed by atoms with E-state index in [4.69, 9.17) is 11.0 Å². The Morgan fingerprint density at radius 3 is 1.35 bits per heavy atom. The number of aromatic nitrogens is 2. The number of nitrogens with zero attached hydrogens (tertiary/aromatic N) is 10. The highest BCUT2D eigenvalue weighted by Gasteiger charge is 2.26. The van der Waals surface area contributed by atoms with Crippen LogP contribution in [-0.4, -0.2) is 95.5 Å². The van der Waals surface area contributed by atoms with Gasteiger partial charge in [0.2, 0.25) is 11.8 Å². The summed E-state index contributed by atoms with van der Waals surface area (Å²) in [5.41, 5.74) is 8.05. The molecule has 2 aromatic carbocycles. The fourth-order valence-corrected chi connectivity index (χ4v) is 9.84. The van der Waals surface area contributed by atoms with Crippen molar-refractivity contribution in [2.75, 3.05) is 70.1 Å². The van der Waals surface area contributed by atoms with Crippen molar-refractivity contribution in [3.8, 4) is 23.9 Å². The monoisotopic (exact) mass is 1120 g/mol. The first-order valence-corrected chi connectivity index (χ1v) is 29.7. The fraction of sp³-hybridized carbons (Fsp3) is 0.594. The van der Waals surface area contributed by atoms with Crippen molar-refractivity contribution in [1.82, 2.24) is 19.2 Å². The molecule has 0 saturated carbocycles. The number of nitrogen functional groups attached to an aromatic ring is 1. The number of benzene rings is 2. The number of unbranched alkanes of at least 4 members (excludes halogenated alkanes) is 4. The Hall–Kier alpha value is -7.14. The van der Waals surface area contributed by atoms with E-state index in [1.807, 2.05) is 41.3 Å². The van der Waals surface area contributed by atoms with E-state index in [9.17, 15) is 34.7 Å². The maximum absolute atomic E-state index is 13.9. The molecule has 446 valence electrons. The lowest BCUT2D eigenvalue weighted by atomic mass is 9.95. The molecular weight excluding hydrogens is 1020 g/mol. The Bertz CT molecular complexity index is 2770. The SMILES string of the molecule is CCCCC(CC)CN(CC(CC)CCCC)C(=O)c1cccc(N)c1.CCCCC(CC)CN(CC(CC)CCCC)C(=O)c1cccc(N=Nc2c(C)c(C#N)c(O)n(N(C)C)c2=O)c1.Cc1cc(=O)n(N(C)C)c(O)c1C#N. The van der Waals surface area contributed by atoms with Crippen molar-refractivity contribution >= 4 is 28.9 Å². The Morgan fingerprint density at radius 1 is 0.580 bits per heavy atom. The first-order chi connectivity index (χ1) is 38.7. The third kappa shape index (κ3) is 21.7. The average Bonchev–Trinajstić information content (AvgIpc) is 3.44. The van der Waals surface area contributed by atoms with Crippen LogP contribution < -0.4 is 26.9 Å². The summed E-state index contributed by atoms with van der Waals surface area (Å²) in [4.78, 5) is 55.7. The van der Waals surface area contributed by atoms with E-state index in [0.717, 1.165) is 105 Å². The number of aryl methyl sites for hydroxylation is 1. The quantitative estimate of drug-likeness (QED) is 0.0328. The minimum Gasteiger partial charge on any atom is -0.492 e. The molecular formula is C64H99N11O6. The summed E-state index contributed by atoms with van der Waals surface area (Å²) in [5.74, 6) is 1.44. The second-order valence-corrected chi connectivity index (χ2v) is 21.8. The van der Waals surface area contributed by atoms with Crippen molar-refractivity contribution < 1.29 is 19.8 Å². The number of amides is 2. The molecule has 4 atom stereocenters. The Balaban J connectivity index is 0.000000473. The van der Waals surface area contributed by atoms with Crippen molar-refractivity contribution in [2.45, 2.75) is 172 Å². The molecule has 0 bridgehead atoms. The van der Waals surface area contributed by atoms with Crippen LogP contribution in [-0.2, 0) is 0 Å². The number of hydrogen-bond donors (Lipinski definition) is 3. The minimum atomic E-state index is -0.596. The second kappa shape index (κ2) is 37.0. The number of nitrogens with two attached hydrogens (primary N) is 1. The molecule has 4 unspecified atom stereocenters. The van der Waals surface area contributed by atoms with Crippen LogP contribution in [0.5, 0.6) is 11.8 Å². The molecule has 0 spiro atoms. The molecule has 4 N–H and O–H groups in total. The number of carbonyl (C=O) groups is 2. The molecule has 2 amide bonds. The van der Waals surface area contributed by atoms with Gasteiger partial charge in [-0.15, -0.1) is 5.11 Å². The Morgan fingerprint density at radius 2 is 0.975 bits per heavy atom. The second-order valence-electron chi connectivity index (χ2n) is 21.8. The molecule has 81 heavy (non-hydrogen) atoms. The van der Waals surface area contributed by atoms with E-state index >= 15 is 0 Å². The highest BCUT2D eigenvalue weighted by atomic mass is 16.3. The van der Waals surface area contributed by atoms with Crippen LogP contribution >= 0.6 is 0 Å². The Labute approximate surface area is 485 Å². The number of azo groups is 1. The molecule has 0 radical (unpaired) electrons. The summed E-state index contributed by atoms with van der Waals surface area (Å²) < 4.78 is 2.01. The van der Waals surface area contributed by atoms with E-state index < -0.39 is 11.4 Å². The smallest absolute Gasteiger partial charge is 0.300 e. The van der Waals surface area contributed by atoms with Gasteiger partial charge in [-0.05, 0) is 105 Å². The van der Waals surface area contributed by atoms with Gasteiger partial charge in [-0.25, -0.2) is 0 Å². The summed E-state index contributed by atoms with van der Waals surface area (Å²) >= 11 is 0. The van der Waals surface area contributed by atoms with E-state index in [2.05, 4.69) is 70.5 Å². The lowest BCUT2D eigenvalue weighted by Gasteiger charge is -2.31. The lowest BCUT2D eigenvalue weighted by molar-refractivity contribution is 0.0678. The molecule has 0 fully saturated rings. The summed E-state index contributed by atoms with van der Waals surface area (Å²) in [5, 5.41) is 49.6. The zero-order chi connectivity index (χ0) is 60.8. The highest BCUT2D eigenvalue weighted by molar-refractivity contribution is 5.95. The molecule has 4 rings (SSSR count). The molecule has 0 aliphatic heterocycles. The van der Waals surface area contributed by atoms with Gasteiger partial charge in [0.15, 0.2) is 5.69 Å². The molecule has 17 nitrogen and oxygen atoms in total. The van der Waals surface area contributed by atoms with Gasteiger partial charge in [-0.3, -0.25) is 19.2 Å². The van der Waals surface area contributed by atoms with Gasteiger partial charge in [0.05, 0.1) is 5.69 Å². The molecule has 2 aromatic heterocycles.